The van der Waals surface area contributed by atoms with Crippen LogP contribution in [0.2, 0.25) is 0 Å². The van der Waals surface area contributed by atoms with E-state index in [1.165, 1.54) is 27.9 Å². The smallest absolute Gasteiger partial charge is 0.159 e. The molecule has 24 heavy (non-hydrogen) atoms. The van der Waals surface area contributed by atoms with Crippen molar-refractivity contribution in [2.24, 2.45) is 0 Å². The number of benzene rings is 2. The summed E-state index contributed by atoms with van der Waals surface area (Å²) in [6.07, 6.45) is 0. The van der Waals surface area contributed by atoms with Gasteiger partial charge in [0.15, 0.2) is 6.67 Å². The van der Waals surface area contributed by atoms with Crippen molar-refractivity contribution < 1.29 is 0 Å². The first-order valence-electron chi connectivity index (χ1n) is 8.70. The van der Waals surface area contributed by atoms with Gasteiger partial charge in [-0.05, 0) is 52.7 Å². The molecular formula is C21H28N2O. The van der Waals surface area contributed by atoms with Crippen molar-refractivity contribution in [2.45, 2.75) is 41.5 Å². The largest absolute Gasteiger partial charge is 0.626 e. The average Bonchev–Trinajstić information content (AvgIpc) is 2.78. The Balaban J connectivity index is 1.99. The van der Waals surface area contributed by atoms with E-state index in [2.05, 4.69) is 70.7 Å². The molecule has 1 heterocycles. The molecule has 0 aromatic heterocycles. The molecule has 3 nitrogen and oxygen atoms in total. The van der Waals surface area contributed by atoms with Crippen molar-refractivity contribution in [2.75, 3.05) is 24.7 Å². The third kappa shape index (κ3) is 2.83. The zero-order valence-corrected chi connectivity index (χ0v) is 15.7. The van der Waals surface area contributed by atoms with Crippen molar-refractivity contribution in [1.29, 1.82) is 0 Å². The first-order valence-corrected chi connectivity index (χ1v) is 8.70. The molecule has 1 unspecified atom stereocenters. The van der Waals surface area contributed by atoms with E-state index in [1.54, 1.807) is 0 Å². The number of anilines is 1. The van der Waals surface area contributed by atoms with Crippen LogP contribution in [0.15, 0.2) is 24.3 Å². The molecule has 0 amide bonds. The fourth-order valence-corrected chi connectivity index (χ4v) is 4.55. The highest BCUT2D eigenvalue weighted by Gasteiger charge is 2.35. The van der Waals surface area contributed by atoms with E-state index in [4.69, 9.17) is 0 Å². The summed E-state index contributed by atoms with van der Waals surface area (Å²) in [5, 5.41) is 13.6. The number of nitrogens with zero attached hydrogens (tertiary/aromatic N) is 2. The minimum absolute atomic E-state index is 0.245. The Morgan fingerprint density at radius 3 is 1.75 bits per heavy atom. The molecule has 1 saturated heterocycles. The predicted molar refractivity (Wildman–Crippen MR) is 104 cm³/mol. The SMILES string of the molecule is Cc1cc(C)c(N2CC[N+]([O-])(c3c(C)cc(C)cc3C)C2)c(C)c1. The van der Waals surface area contributed by atoms with Crippen molar-refractivity contribution in [3.05, 3.63) is 62.9 Å². The zero-order valence-electron chi connectivity index (χ0n) is 15.7. The number of hydrogen-bond donors (Lipinski definition) is 0. The number of hydrogen-bond acceptors (Lipinski definition) is 2. The van der Waals surface area contributed by atoms with Crippen LogP contribution in [0, 0.1) is 46.7 Å². The van der Waals surface area contributed by atoms with Crippen molar-refractivity contribution in [3.8, 4) is 0 Å². The van der Waals surface area contributed by atoms with Crippen LogP contribution in [0.1, 0.15) is 33.4 Å². The quantitative estimate of drug-likeness (QED) is 0.585. The Morgan fingerprint density at radius 1 is 0.792 bits per heavy atom. The summed E-state index contributed by atoms with van der Waals surface area (Å²) in [6, 6.07) is 8.68. The predicted octanol–water partition coefficient (Wildman–Crippen LogP) is 4.82. The maximum absolute atomic E-state index is 13.6. The molecule has 128 valence electrons. The van der Waals surface area contributed by atoms with E-state index in [1.807, 2.05) is 0 Å². The maximum atomic E-state index is 13.6. The van der Waals surface area contributed by atoms with Gasteiger partial charge in [0.2, 0.25) is 0 Å². The van der Waals surface area contributed by atoms with Crippen LogP contribution in [-0.2, 0) is 0 Å². The number of hydroxylamine groups is 2. The van der Waals surface area contributed by atoms with Gasteiger partial charge >= 0.3 is 0 Å². The van der Waals surface area contributed by atoms with E-state index in [-0.39, 0.29) is 4.65 Å². The molecule has 2 aromatic carbocycles. The van der Waals surface area contributed by atoms with Gasteiger partial charge in [0.1, 0.15) is 12.2 Å². The van der Waals surface area contributed by atoms with Crippen LogP contribution < -0.4 is 9.55 Å². The van der Waals surface area contributed by atoms with Gasteiger partial charge in [0.25, 0.3) is 0 Å². The summed E-state index contributed by atoms with van der Waals surface area (Å²) in [4.78, 5) is 2.27. The third-order valence-corrected chi connectivity index (χ3v) is 5.12. The highest BCUT2D eigenvalue weighted by Crippen LogP contribution is 2.37. The molecule has 0 N–H and O–H groups in total. The maximum Gasteiger partial charge on any atom is 0.159 e. The van der Waals surface area contributed by atoms with Gasteiger partial charge in [-0.2, -0.15) is 0 Å². The highest BCUT2D eigenvalue weighted by molar-refractivity contribution is 5.64. The van der Waals surface area contributed by atoms with Gasteiger partial charge in [-0.1, -0.05) is 35.4 Å². The molecule has 1 atom stereocenters. The van der Waals surface area contributed by atoms with Crippen molar-refractivity contribution >= 4 is 11.4 Å². The lowest BCUT2D eigenvalue weighted by Crippen LogP contribution is -2.43. The fraction of sp³-hybridized carbons (Fsp3) is 0.429. The third-order valence-electron chi connectivity index (χ3n) is 5.12. The zero-order chi connectivity index (χ0) is 17.6. The first-order chi connectivity index (χ1) is 11.2. The molecule has 0 spiro atoms. The van der Waals surface area contributed by atoms with E-state index in [0.717, 1.165) is 23.4 Å². The molecule has 0 saturated carbocycles. The van der Waals surface area contributed by atoms with E-state index < -0.39 is 0 Å². The Labute approximate surface area is 145 Å². The molecule has 1 fully saturated rings. The lowest BCUT2D eigenvalue weighted by Gasteiger charge is -2.40. The topological polar surface area (TPSA) is 26.3 Å². The summed E-state index contributed by atoms with van der Waals surface area (Å²) in [5.41, 5.74) is 9.44. The van der Waals surface area contributed by atoms with Gasteiger partial charge in [0.05, 0.1) is 6.54 Å². The standard InChI is InChI=1S/C21H28N2O/c1-14-9-16(3)20(17(4)10-14)22-7-8-23(24,13-22)21-18(5)11-15(2)12-19(21)6/h9-12H,7-8,13H2,1-6H3. The number of rotatable bonds is 2. The van der Waals surface area contributed by atoms with Gasteiger partial charge in [-0.25, -0.2) is 0 Å². The van der Waals surface area contributed by atoms with Crippen LogP contribution in [-0.4, -0.2) is 19.8 Å². The van der Waals surface area contributed by atoms with Crippen molar-refractivity contribution in [1.82, 2.24) is 4.65 Å². The number of aryl methyl sites for hydroxylation is 6. The Bertz CT molecular complexity index is 750. The van der Waals surface area contributed by atoms with E-state index in [0.29, 0.717) is 13.2 Å². The van der Waals surface area contributed by atoms with Gasteiger partial charge in [-0.3, -0.25) is 0 Å². The lowest BCUT2D eigenvalue weighted by atomic mass is 10.0. The molecule has 2 aromatic rings. The molecule has 1 aliphatic rings. The minimum Gasteiger partial charge on any atom is -0.626 e. The van der Waals surface area contributed by atoms with Crippen LogP contribution >= 0.6 is 0 Å². The van der Waals surface area contributed by atoms with Gasteiger partial charge < -0.3 is 14.8 Å². The van der Waals surface area contributed by atoms with E-state index in [9.17, 15) is 5.21 Å². The highest BCUT2D eigenvalue weighted by atomic mass is 16.6. The summed E-state index contributed by atoms with van der Waals surface area (Å²) >= 11 is 0. The van der Waals surface area contributed by atoms with Crippen LogP contribution in [0.5, 0.6) is 0 Å². The van der Waals surface area contributed by atoms with Gasteiger partial charge in [0, 0.05) is 16.8 Å². The molecule has 0 aliphatic carbocycles. The molecule has 3 rings (SSSR count). The Hall–Kier alpha value is -1.84. The summed E-state index contributed by atoms with van der Waals surface area (Å²) in [6.45, 7) is 14.6. The molecule has 0 bridgehead atoms. The second-order valence-electron chi connectivity index (χ2n) is 7.51. The van der Waals surface area contributed by atoms with Gasteiger partial charge in [-0.15, -0.1) is 0 Å². The summed E-state index contributed by atoms with van der Waals surface area (Å²) in [7, 11) is 0. The number of quaternary nitrogens is 1. The second-order valence-corrected chi connectivity index (χ2v) is 7.51. The monoisotopic (exact) mass is 324 g/mol. The fourth-order valence-electron chi connectivity index (χ4n) is 4.55. The first kappa shape index (κ1) is 17.0. The Kier molecular flexibility index (Phi) is 4.18. The average molecular weight is 324 g/mol. The molecule has 1 aliphatic heterocycles. The second kappa shape index (κ2) is 5.91. The van der Waals surface area contributed by atoms with E-state index >= 15 is 0 Å². The summed E-state index contributed by atoms with van der Waals surface area (Å²) < 4.78 is -0.245. The summed E-state index contributed by atoms with van der Waals surface area (Å²) in [5.74, 6) is 0. The van der Waals surface area contributed by atoms with Crippen LogP contribution in [0.3, 0.4) is 0 Å². The Morgan fingerprint density at radius 2 is 1.25 bits per heavy atom. The van der Waals surface area contributed by atoms with Crippen LogP contribution in [0.25, 0.3) is 0 Å². The molecule has 0 radical (unpaired) electrons. The molecular weight excluding hydrogens is 296 g/mol. The minimum atomic E-state index is -0.245. The molecule has 3 heteroatoms. The lowest BCUT2D eigenvalue weighted by molar-refractivity contribution is 0.453. The van der Waals surface area contributed by atoms with Crippen molar-refractivity contribution in [3.63, 3.8) is 0 Å². The van der Waals surface area contributed by atoms with Crippen LogP contribution in [0.4, 0.5) is 11.4 Å². The normalized spacial score (nSPS) is 20.7.